The number of rotatable bonds is 3. The van der Waals surface area contributed by atoms with Gasteiger partial charge in [0.25, 0.3) is 0 Å². The van der Waals surface area contributed by atoms with Crippen LogP contribution in [0.4, 0.5) is 0 Å². The Bertz CT molecular complexity index is 1800. The van der Waals surface area contributed by atoms with E-state index in [2.05, 4.69) is 108 Å². The van der Waals surface area contributed by atoms with Gasteiger partial charge in [-0.25, -0.2) is 4.98 Å². The molecule has 0 amide bonds. The van der Waals surface area contributed by atoms with E-state index < -0.39 is 0 Å². The first-order valence-electron chi connectivity index (χ1n) is 12.2. The summed E-state index contributed by atoms with van der Waals surface area (Å²) in [5, 5.41) is 2.60. The Hall–Kier alpha value is -4.63. The molecule has 2 aromatic heterocycles. The van der Waals surface area contributed by atoms with E-state index in [4.69, 9.17) is 4.42 Å². The fourth-order valence-electron chi connectivity index (χ4n) is 5.13. The maximum Gasteiger partial charge on any atom is 0.227 e. The number of aryl methyl sites for hydroxylation is 2. The van der Waals surface area contributed by atoms with Crippen LogP contribution >= 0.6 is 0 Å². The second kappa shape index (κ2) is 7.96. The predicted molar refractivity (Wildman–Crippen MR) is 149 cm³/mol. The molecule has 36 heavy (non-hydrogen) atoms. The number of oxazole rings is 1. The minimum Gasteiger partial charge on any atom is -0.436 e. The molecule has 0 radical (unpaired) electrons. The standard InChI is InChI=1S/C33H24N2O/c1-21-7-17-30-27(19-21)28-20-22(2)8-18-31(28)35(30)26-15-13-24(14-16-26)23-9-11-25(12-10-23)33-34-29-5-3-4-6-32(29)36-33/h3-20H,1-2H3. The first-order chi connectivity index (χ1) is 17.6. The molecule has 7 rings (SSSR count). The molecule has 0 N–H and O–H groups in total. The van der Waals surface area contributed by atoms with Crippen molar-refractivity contribution in [3.63, 3.8) is 0 Å². The molecule has 3 nitrogen and oxygen atoms in total. The molecule has 0 aliphatic heterocycles. The zero-order chi connectivity index (χ0) is 24.2. The maximum atomic E-state index is 5.93. The van der Waals surface area contributed by atoms with Crippen molar-refractivity contribution in [2.45, 2.75) is 13.8 Å². The van der Waals surface area contributed by atoms with Crippen LogP contribution in [0.2, 0.25) is 0 Å². The Kier molecular flexibility index (Phi) is 4.58. The van der Waals surface area contributed by atoms with Crippen LogP contribution in [-0.4, -0.2) is 9.55 Å². The lowest BCUT2D eigenvalue weighted by molar-refractivity contribution is 0.620. The third-order valence-electron chi connectivity index (χ3n) is 6.96. The van der Waals surface area contributed by atoms with Gasteiger partial charge in [-0.3, -0.25) is 0 Å². The smallest absolute Gasteiger partial charge is 0.227 e. The van der Waals surface area contributed by atoms with Gasteiger partial charge in [-0.15, -0.1) is 0 Å². The number of nitrogens with zero attached hydrogens (tertiary/aromatic N) is 2. The Morgan fingerprint density at radius 1 is 0.583 bits per heavy atom. The molecule has 172 valence electrons. The molecular formula is C33H24N2O. The summed E-state index contributed by atoms with van der Waals surface area (Å²) in [6, 6.07) is 38.5. The molecule has 2 heterocycles. The highest BCUT2D eigenvalue weighted by Gasteiger charge is 2.13. The van der Waals surface area contributed by atoms with Crippen LogP contribution < -0.4 is 0 Å². The second-order valence-electron chi connectivity index (χ2n) is 9.49. The van der Waals surface area contributed by atoms with Gasteiger partial charge in [-0.2, -0.15) is 0 Å². The highest BCUT2D eigenvalue weighted by molar-refractivity contribution is 6.09. The van der Waals surface area contributed by atoms with Gasteiger partial charge in [0.05, 0.1) is 11.0 Å². The van der Waals surface area contributed by atoms with E-state index in [0.717, 1.165) is 27.9 Å². The van der Waals surface area contributed by atoms with Crippen molar-refractivity contribution in [3.8, 4) is 28.3 Å². The molecule has 7 aromatic rings. The molecule has 0 fully saturated rings. The maximum absolute atomic E-state index is 5.93. The molecule has 0 saturated carbocycles. The lowest BCUT2D eigenvalue weighted by atomic mass is 10.0. The van der Waals surface area contributed by atoms with E-state index >= 15 is 0 Å². The highest BCUT2D eigenvalue weighted by atomic mass is 16.3. The average Bonchev–Trinajstić information content (AvgIpc) is 3.48. The highest BCUT2D eigenvalue weighted by Crippen LogP contribution is 2.34. The number of para-hydroxylation sites is 2. The minimum absolute atomic E-state index is 0.648. The van der Waals surface area contributed by atoms with Crippen LogP contribution in [0, 0.1) is 13.8 Å². The van der Waals surface area contributed by atoms with Crippen LogP contribution in [0.15, 0.2) is 114 Å². The van der Waals surface area contributed by atoms with Crippen LogP contribution in [-0.2, 0) is 0 Å². The summed E-state index contributed by atoms with van der Waals surface area (Å²) in [7, 11) is 0. The summed E-state index contributed by atoms with van der Waals surface area (Å²) in [5.74, 6) is 0.648. The number of fused-ring (bicyclic) bond motifs is 4. The van der Waals surface area contributed by atoms with Crippen molar-refractivity contribution in [1.29, 1.82) is 0 Å². The Morgan fingerprint density at radius 3 is 1.75 bits per heavy atom. The summed E-state index contributed by atoms with van der Waals surface area (Å²) in [6.45, 7) is 4.31. The van der Waals surface area contributed by atoms with Crippen LogP contribution in [0.1, 0.15) is 11.1 Å². The molecule has 0 aliphatic rings. The largest absolute Gasteiger partial charge is 0.436 e. The fourth-order valence-corrected chi connectivity index (χ4v) is 5.13. The third-order valence-corrected chi connectivity index (χ3v) is 6.96. The predicted octanol–water partition coefficient (Wildman–Crippen LogP) is 8.88. The quantitative estimate of drug-likeness (QED) is 0.261. The molecule has 0 bridgehead atoms. The molecule has 0 atom stereocenters. The van der Waals surface area contributed by atoms with Gasteiger partial charge in [-0.1, -0.05) is 59.7 Å². The Labute approximate surface area is 209 Å². The SMILES string of the molecule is Cc1ccc2c(c1)c1cc(C)ccc1n2-c1ccc(-c2ccc(-c3nc4ccccc4o3)cc2)cc1. The van der Waals surface area contributed by atoms with Gasteiger partial charge in [0, 0.05) is 22.0 Å². The van der Waals surface area contributed by atoms with Gasteiger partial charge in [0.2, 0.25) is 5.89 Å². The van der Waals surface area contributed by atoms with Gasteiger partial charge in [0.15, 0.2) is 5.58 Å². The lowest BCUT2D eigenvalue weighted by Crippen LogP contribution is -1.93. The summed E-state index contributed by atoms with van der Waals surface area (Å²) in [5.41, 5.74) is 11.2. The summed E-state index contributed by atoms with van der Waals surface area (Å²) < 4.78 is 8.29. The lowest BCUT2D eigenvalue weighted by Gasteiger charge is -2.10. The fraction of sp³-hybridized carbons (Fsp3) is 0.0606. The van der Waals surface area contributed by atoms with Crippen molar-refractivity contribution in [3.05, 3.63) is 120 Å². The zero-order valence-corrected chi connectivity index (χ0v) is 20.2. The number of benzene rings is 5. The Balaban J connectivity index is 1.26. The van der Waals surface area contributed by atoms with Crippen LogP contribution in [0.25, 0.3) is 61.2 Å². The van der Waals surface area contributed by atoms with Gasteiger partial charge < -0.3 is 8.98 Å². The van der Waals surface area contributed by atoms with E-state index in [-0.39, 0.29) is 0 Å². The van der Waals surface area contributed by atoms with E-state index in [1.807, 2.05) is 24.3 Å². The molecule has 3 heteroatoms. The topological polar surface area (TPSA) is 31.0 Å². The third kappa shape index (κ3) is 3.32. The van der Waals surface area contributed by atoms with E-state index in [0.29, 0.717) is 5.89 Å². The van der Waals surface area contributed by atoms with Crippen LogP contribution in [0.5, 0.6) is 0 Å². The monoisotopic (exact) mass is 464 g/mol. The Morgan fingerprint density at radius 2 is 1.14 bits per heavy atom. The number of hydrogen-bond acceptors (Lipinski definition) is 2. The summed E-state index contributed by atoms with van der Waals surface area (Å²) in [4.78, 5) is 4.62. The van der Waals surface area contributed by atoms with E-state index in [1.165, 1.54) is 38.5 Å². The van der Waals surface area contributed by atoms with Crippen molar-refractivity contribution in [2.24, 2.45) is 0 Å². The molecule has 5 aromatic carbocycles. The zero-order valence-electron chi connectivity index (χ0n) is 20.2. The first-order valence-corrected chi connectivity index (χ1v) is 12.2. The van der Waals surface area contributed by atoms with E-state index in [1.54, 1.807) is 0 Å². The van der Waals surface area contributed by atoms with Crippen molar-refractivity contribution in [1.82, 2.24) is 9.55 Å². The number of hydrogen-bond donors (Lipinski definition) is 0. The molecule has 0 unspecified atom stereocenters. The van der Waals surface area contributed by atoms with E-state index in [9.17, 15) is 0 Å². The average molecular weight is 465 g/mol. The molecule has 0 saturated heterocycles. The first kappa shape index (κ1) is 20.7. The molecule has 0 aliphatic carbocycles. The summed E-state index contributed by atoms with van der Waals surface area (Å²) in [6.07, 6.45) is 0. The summed E-state index contributed by atoms with van der Waals surface area (Å²) >= 11 is 0. The second-order valence-corrected chi connectivity index (χ2v) is 9.49. The van der Waals surface area contributed by atoms with Gasteiger partial charge in [0.1, 0.15) is 5.52 Å². The van der Waals surface area contributed by atoms with Crippen LogP contribution in [0.3, 0.4) is 0 Å². The number of aromatic nitrogens is 2. The van der Waals surface area contributed by atoms with Crippen molar-refractivity contribution in [2.75, 3.05) is 0 Å². The van der Waals surface area contributed by atoms with Gasteiger partial charge >= 0.3 is 0 Å². The van der Waals surface area contributed by atoms with Crippen molar-refractivity contribution >= 4 is 32.9 Å². The van der Waals surface area contributed by atoms with Crippen molar-refractivity contribution < 1.29 is 4.42 Å². The normalized spacial score (nSPS) is 11.6. The molecular weight excluding hydrogens is 440 g/mol. The minimum atomic E-state index is 0.648. The van der Waals surface area contributed by atoms with Gasteiger partial charge in [-0.05, 0) is 85.6 Å². The molecule has 0 spiro atoms.